The summed E-state index contributed by atoms with van der Waals surface area (Å²) >= 11 is 0. The first-order valence-corrected chi connectivity index (χ1v) is 12.5. The molecule has 12 nitrogen and oxygen atoms in total. The second-order valence-electron chi connectivity index (χ2n) is 8.73. The van der Waals surface area contributed by atoms with Crippen LogP contribution in [0.2, 0.25) is 0 Å². The predicted octanol–water partition coefficient (Wildman–Crippen LogP) is 3.77. The number of imidazole rings is 1. The van der Waals surface area contributed by atoms with E-state index in [-0.39, 0.29) is 31.3 Å². The lowest BCUT2D eigenvalue weighted by atomic mass is 10.1. The Morgan fingerprint density at radius 3 is 2.50 bits per heavy atom. The zero-order chi connectivity index (χ0) is 28.6. The zero-order valence-electron chi connectivity index (χ0n) is 22.0. The summed E-state index contributed by atoms with van der Waals surface area (Å²) in [4.78, 5) is 46.7. The summed E-state index contributed by atoms with van der Waals surface area (Å²) in [7, 11) is 1.88. The summed E-state index contributed by atoms with van der Waals surface area (Å²) < 4.78 is 6.95. The summed E-state index contributed by atoms with van der Waals surface area (Å²) in [5.41, 5.74) is 3.10. The SMILES string of the molecule is CCOC(=O)CCN(C(=O)c1ccc2c(c1)nc(CNc1ccc(C(=N)NC(=O)O)cc1)n2C)c1ccccn1. The van der Waals surface area contributed by atoms with Crippen LogP contribution in [0.15, 0.2) is 66.9 Å². The Bertz CT molecular complexity index is 1530. The van der Waals surface area contributed by atoms with Crippen LogP contribution in [0.1, 0.15) is 35.1 Å². The van der Waals surface area contributed by atoms with Gasteiger partial charge in [0.15, 0.2) is 0 Å². The number of aromatic nitrogens is 3. The number of rotatable bonds is 10. The summed E-state index contributed by atoms with van der Waals surface area (Å²) in [5.74, 6) is 0.259. The lowest BCUT2D eigenvalue weighted by molar-refractivity contribution is -0.142. The Kier molecular flexibility index (Phi) is 8.69. The topological polar surface area (TPSA) is 163 Å². The molecule has 2 aromatic heterocycles. The molecule has 0 unspecified atom stereocenters. The number of esters is 1. The monoisotopic (exact) mass is 543 g/mol. The van der Waals surface area contributed by atoms with E-state index in [0.29, 0.717) is 29.0 Å². The molecule has 0 aliphatic rings. The van der Waals surface area contributed by atoms with Crippen LogP contribution in [0.25, 0.3) is 11.0 Å². The number of fused-ring (bicyclic) bond motifs is 1. The first-order chi connectivity index (χ1) is 19.3. The van der Waals surface area contributed by atoms with Crippen molar-refractivity contribution in [2.75, 3.05) is 23.4 Å². The van der Waals surface area contributed by atoms with Crippen molar-refractivity contribution in [2.45, 2.75) is 19.9 Å². The lowest BCUT2D eigenvalue weighted by Gasteiger charge is -2.21. The van der Waals surface area contributed by atoms with Gasteiger partial charge in [0.2, 0.25) is 0 Å². The van der Waals surface area contributed by atoms with Gasteiger partial charge >= 0.3 is 12.1 Å². The molecule has 4 rings (SSSR count). The molecule has 2 amide bonds. The van der Waals surface area contributed by atoms with Gasteiger partial charge in [0.05, 0.1) is 30.6 Å². The standard InChI is InChI=1S/C28H29N7O5/c1-3-40-25(36)13-15-35(23-6-4-5-14-30-23)27(37)19-9-12-22-21(16-19)32-24(34(22)2)17-31-20-10-7-18(8-11-20)26(29)33-28(38)39/h4-12,14,16,31H,3,13,15,17H2,1-2H3,(H2,29,33)(H,38,39). The Morgan fingerprint density at radius 1 is 1.07 bits per heavy atom. The Morgan fingerprint density at radius 2 is 1.82 bits per heavy atom. The van der Waals surface area contributed by atoms with E-state index >= 15 is 0 Å². The van der Waals surface area contributed by atoms with Gasteiger partial charge in [-0.1, -0.05) is 6.07 Å². The van der Waals surface area contributed by atoms with E-state index in [1.807, 2.05) is 23.0 Å². The van der Waals surface area contributed by atoms with Gasteiger partial charge in [-0.05, 0) is 61.5 Å². The van der Waals surface area contributed by atoms with Crippen molar-refractivity contribution >= 4 is 46.3 Å². The minimum atomic E-state index is -1.29. The van der Waals surface area contributed by atoms with Crippen molar-refractivity contribution in [3.63, 3.8) is 0 Å². The van der Waals surface area contributed by atoms with Crippen LogP contribution in [-0.4, -0.2) is 56.6 Å². The lowest BCUT2D eigenvalue weighted by Crippen LogP contribution is -2.34. The third-order valence-electron chi connectivity index (χ3n) is 6.09. The van der Waals surface area contributed by atoms with Gasteiger partial charge < -0.3 is 19.7 Å². The minimum absolute atomic E-state index is 0.0377. The number of hydrogen-bond donors (Lipinski definition) is 4. The molecule has 2 heterocycles. The molecule has 0 bridgehead atoms. The van der Waals surface area contributed by atoms with Gasteiger partial charge in [-0.2, -0.15) is 0 Å². The van der Waals surface area contributed by atoms with Crippen LogP contribution >= 0.6 is 0 Å². The smallest absolute Gasteiger partial charge is 0.410 e. The highest BCUT2D eigenvalue weighted by molar-refractivity contribution is 6.07. The quantitative estimate of drug-likeness (QED) is 0.133. The average molecular weight is 544 g/mol. The van der Waals surface area contributed by atoms with Crippen LogP contribution in [0.3, 0.4) is 0 Å². The number of aryl methyl sites for hydroxylation is 1. The Hall–Kier alpha value is -5.26. The Labute approximate surface area is 230 Å². The van der Waals surface area contributed by atoms with Gasteiger partial charge in [-0.25, -0.2) is 14.8 Å². The number of benzene rings is 2. The van der Waals surface area contributed by atoms with Crippen molar-refractivity contribution in [1.82, 2.24) is 19.9 Å². The van der Waals surface area contributed by atoms with Gasteiger partial charge in [0, 0.05) is 36.6 Å². The van der Waals surface area contributed by atoms with Crippen LogP contribution < -0.4 is 15.5 Å². The molecule has 2 aromatic carbocycles. The highest BCUT2D eigenvalue weighted by atomic mass is 16.5. The number of hydrogen-bond acceptors (Lipinski definition) is 8. The summed E-state index contributed by atoms with van der Waals surface area (Å²) in [6, 6.07) is 17.3. The van der Waals surface area contributed by atoms with Gasteiger partial charge in [-0.3, -0.25) is 25.2 Å². The second kappa shape index (κ2) is 12.5. The molecule has 0 atom stereocenters. The predicted molar refractivity (Wildman–Crippen MR) is 150 cm³/mol. The van der Waals surface area contributed by atoms with Crippen LogP contribution in [-0.2, 0) is 23.1 Å². The fourth-order valence-corrected chi connectivity index (χ4v) is 4.08. The third kappa shape index (κ3) is 6.59. The number of nitrogens with zero attached hydrogens (tertiary/aromatic N) is 4. The molecule has 0 aliphatic heterocycles. The molecule has 0 aliphatic carbocycles. The fraction of sp³-hybridized carbons (Fsp3) is 0.214. The number of ether oxygens (including phenoxy) is 1. The fourth-order valence-electron chi connectivity index (χ4n) is 4.08. The largest absolute Gasteiger partial charge is 0.466 e. The molecular formula is C28H29N7O5. The maximum atomic E-state index is 13.5. The molecule has 0 saturated heterocycles. The third-order valence-corrected chi connectivity index (χ3v) is 6.09. The number of amides is 2. The first kappa shape index (κ1) is 27.8. The van der Waals surface area contributed by atoms with Crippen molar-refractivity contribution in [3.8, 4) is 0 Å². The summed E-state index contributed by atoms with van der Waals surface area (Å²) in [6.07, 6.45) is 0.335. The van der Waals surface area contributed by atoms with E-state index in [1.165, 1.54) is 4.90 Å². The van der Waals surface area contributed by atoms with Crippen LogP contribution in [0.4, 0.5) is 16.3 Å². The van der Waals surface area contributed by atoms with Gasteiger partial charge in [-0.15, -0.1) is 0 Å². The molecule has 0 radical (unpaired) electrons. The first-order valence-electron chi connectivity index (χ1n) is 12.5. The molecular weight excluding hydrogens is 514 g/mol. The number of carboxylic acid groups (broad SMARTS) is 1. The average Bonchev–Trinajstić information content (AvgIpc) is 3.27. The number of amidine groups is 1. The normalized spacial score (nSPS) is 10.7. The van der Waals surface area contributed by atoms with E-state index in [9.17, 15) is 14.4 Å². The van der Waals surface area contributed by atoms with Crippen molar-refractivity contribution < 1.29 is 24.2 Å². The maximum absolute atomic E-state index is 13.5. The molecule has 0 spiro atoms. The van der Waals surface area contributed by atoms with Crippen molar-refractivity contribution in [1.29, 1.82) is 5.41 Å². The van der Waals surface area contributed by atoms with E-state index in [2.05, 4.69) is 10.3 Å². The van der Waals surface area contributed by atoms with E-state index in [4.69, 9.17) is 20.2 Å². The number of nitrogens with one attached hydrogen (secondary N) is 3. The number of pyridine rings is 1. The van der Waals surface area contributed by atoms with Crippen LogP contribution in [0.5, 0.6) is 0 Å². The molecule has 0 fully saturated rings. The second-order valence-corrected chi connectivity index (χ2v) is 8.73. The minimum Gasteiger partial charge on any atom is -0.466 e. The molecule has 4 N–H and O–H groups in total. The highest BCUT2D eigenvalue weighted by Crippen LogP contribution is 2.21. The molecule has 12 heteroatoms. The van der Waals surface area contributed by atoms with Crippen molar-refractivity contribution in [2.24, 2.45) is 7.05 Å². The maximum Gasteiger partial charge on any atom is 0.410 e. The van der Waals surface area contributed by atoms with E-state index < -0.39 is 12.1 Å². The summed E-state index contributed by atoms with van der Waals surface area (Å²) in [5, 5.41) is 21.8. The Balaban J connectivity index is 1.50. The number of carbonyl (C=O) groups is 3. The van der Waals surface area contributed by atoms with Crippen molar-refractivity contribution in [3.05, 3.63) is 83.8 Å². The number of anilines is 2. The number of carbonyl (C=O) groups excluding carboxylic acids is 2. The molecule has 0 saturated carbocycles. The van der Waals surface area contributed by atoms with E-state index in [1.54, 1.807) is 67.7 Å². The highest BCUT2D eigenvalue weighted by Gasteiger charge is 2.21. The van der Waals surface area contributed by atoms with E-state index in [0.717, 1.165) is 17.0 Å². The molecule has 206 valence electrons. The molecule has 40 heavy (non-hydrogen) atoms. The zero-order valence-corrected chi connectivity index (χ0v) is 22.0. The van der Waals surface area contributed by atoms with Gasteiger partial charge in [0.1, 0.15) is 17.5 Å². The molecule has 4 aromatic rings. The van der Waals surface area contributed by atoms with Crippen LogP contribution in [0, 0.1) is 5.41 Å². The van der Waals surface area contributed by atoms with Gasteiger partial charge in [0.25, 0.3) is 5.91 Å². The summed E-state index contributed by atoms with van der Waals surface area (Å²) in [6.45, 7) is 2.51.